The molecule has 0 radical (unpaired) electrons. The number of ether oxygens (including phenoxy) is 2. The summed E-state index contributed by atoms with van der Waals surface area (Å²) >= 11 is 0. The van der Waals surface area contributed by atoms with E-state index in [2.05, 4.69) is 31.0 Å². The Bertz CT molecular complexity index is 633. The van der Waals surface area contributed by atoms with Gasteiger partial charge in [-0.25, -0.2) is 0 Å². The van der Waals surface area contributed by atoms with Crippen LogP contribution in [-0.2, 0) is 0 Å². The van der Waals surface area contributed by atoms with E-state index in [9.17, 15) is 0 Å². The average molecular weight is 269 g/mol. The van der Waals surface area contributed by atoms with E-state index >= 15 is 0 Å². The Morgan fingerprint density at radius 1 is 0.850 bits per heavy atom. The number of nitrogens with zero attached hydrogens (tertiary/aromatic N) is 1. The molecule has 0 unspecified atom stereocenters. The zero-order chi connectivity index (χ0) is 14.5. The summed E-state index contributed by atoms with van der Waals surface area (Å²) in [5, 5.41) is 0. The van der Waals surface area contributed by atoms with Gasteiger partial charge in [-0.2, -0.15) is 0 Å². The second-order valence-corrected chi connectivity index (χ2v) is 4.64. The van der Waals surface area contributed by atoms with Crippen LogP contribution >= 0.6 is 0 Å². The molecule has 20 heavy (non-hydrogen) atoms. The lowest BCUT2D eigenvalue weighted by Gasteiger charge is -2.07. The summed E-state index contributed by atoms with van der Waals surface area (Å²) in [6, 6.07) is 11.9. The fourth-order valence-electron chi connectivity index (χ4n) is 1.89. The zero-order valence-electron chi connectivity index (χ0n) is 12.3. The van der Waals surface area contributed by atoms with E-state index in [1.807, 2.05) is 30.5 Å². The van der Waals surface area contributed by atoms with Gasteiger partial charge in [0.25, 0.3) is 0 Å². The Kier molecular flexibility index (Phi) is 4.41. The lowest BCUT2D eigenvalue weighted by molar-refractivity contribution is 0.355. The Morgan fingerprint density at radius 3 is 2.25 bits per heavy atom. The van der Waals surface area contributed by atoms with Crippen LogP contribution in [-0.4, -0.2) is 20.4 Å². The van der Waals surface area contributed by atoms with Crippen LogP contribution in [0.3, 0.4) is 0 Å². The molecule has 0 aromatic heterocycles. The molecule has 3 heteroatoms. The minimum Gasteiger partial charge on any atom is -0.493 e. The fraction of sp³-hybridized carbons (Fsp3) is 0.235. The van der Waals surface area contributed by atoms with Crippen LogP contribution in [0.1, 0.15) is 16.7 Å². The monoisotopic (exact) mass is 269 g/mol. The van der Waals surface area contributed by atoms with Crippen molar-refractivity contribution in [2.45, 2.75) is 13.8 Å². The quantitative estimate of drug-likeness (QED) is 0.783. The topological polar surface area (TPSA) is 30.8 Å². The molecule has 2 rings (SSSR count). The van der Waals surface area contributed by atoms with Crippen LogP contribution < -0.4 is 9.47 Å². The highest BCUT2D eigenvalue weighted by atomic mass is 16.5. The van der Waals surface area contributed by atoms with E-state index in [-0.39, 0.29) is 0 Å². The second-order valence-electron chi connectivity index (χ2n) is 4.64. The number of aliphatic imine (C=N–C) groups is 1. The van der Waals surface area contributed by atoms with Gasteiger partial charge in [0.15, 0.2) is 11.5 Å². The van der Waals surface area contributed by atoms with E-state index in [0.717, 1.165) is 17.0 Å². The highest BCUT2D eigenvalue weighted by Gasteiger charge is 2.03. The van der Waals surface area contributed by atoms with E-state index in [1.165, 1.54) is 11.1 Å². The summed E-state index contributed by atoms with van der Waals surface area (Å²) < 4.78 is 10.5. The molecule has 0 aliphatic carbocycles. The van der Waals surface area contributed by atoms with Crippen LogP contribution in [0.2, 0.25) is 0 Å². The van der Waals surface area contributed by atoms with E-state index in [0.29, 0.717) is 5.75 Å². The first kappa shape index (κ1) is 14.1. The third-order valence-electron chi connectivity index (χ3n) is 3.26. The van der Waals surface area contributed by atoms with E-state index in [4.69, 9.17) is 9.47 Å². The minimum atomic E-state index is 0.705. The number of hydrogen-bond acceptors (Lipinski definition) is 3. The van der Waals surface area contributed by atoms with Gasteiger partial charge < -0.3 is 9.47 Å². The summed E-state index contributed by atoms with van der Waals surface area (Å²) in [7, 11) is 3.25. The van der Waals surface area contributed by atoms with Crippen molar-refractivity contribution in [2.75, 3.05) is 14.2 Å². The van der Waals surface area contributed by atoms with Gasteiger partial charge in [0, 0.05) is 6.21 Å². The van der Waals surface area contributed by atoms with Crippen molar-refractivity contribution >= 4 is 11.9 Å². The predicted molar refractivity (Wildman–Crippen MR) is 82.7 cm³/mol. The molecule has 2 aromatic carbocycles. The molecule has 0 N–H and O–H groups in total. The van der Waals surface area contributed by atoms with Crippen LogP contribution in [0.25, 0.3) is 0 Å². The van der Waals surface area contributed by atoms with Crippen molar-refractivity contribution in [1.82, 2.24) is 0 Å². The van der Waals surface area contributed by atoms with Gasteiger partial charge in [-0.1, -0.05) is 6.07 Å². The maximum atomic E-state index is 5.28. The molecule has 0 aliphatic heterocycles. The molecule has 0 heterocycles. The van der Waals surface area contributed by atoms with Crippen molar-refractivity contribution in [2.24, 2.45) is 4.99 Å². The lowest BCUT2D eigenvalue weighted by atomic mass is 10.1. The number of hydrogen-bond donors (Lipinski definition) is 0. The smallest absolute Gasteiger partial charge is 0.161 e. The van der Waals surface area contributed by atoms with Crippen molar-refractivity contribution in [3.8, 4) is 11.5 Å². The summed E-state index contributed by atoms with van der Waals surface area (Å²) in [6.45, 7) is 4.18. The second kappa shape index (κ2) is 6.24. The average Bonchev–Trinajstić information content (AvgIpc) is 2.48. The van der Waals surface area contributed by atoms with Crippen molar-refractivity contribution in [1.29, 1.82) is 0 Å². The molecular weight excluding hydrogens is 250 g/mol. The molecular formula is C17H19NO2. The summed E-state index contributed by atoms with van der Waals surface area (Å²) in [4.78, 5) is 4.49. The highest BCUT2D eigenvalue weighted by Crippen LogP contribution is 2.27. The Labute approximate surface area is 119 Å². The first-order valence-corrected chi connectivity index (χ1v) is 6.47. The fourth-order valence-corrected chi connectivity index (χ4v) is 1.89. The number of methoxy groups -OCH3 is 2. The standard InChI is InChI=1S/C17H19NO2/c1-12-5-7-15(9-13(12)2)18-11-14-6-8-16(19-3)17(10-14)20-4/h5-11H,1-4H3. The van der Waals surface area contributed by atoms with Gasteiger partial charge in [-0.3, -0.25) is 4.99 Å². The molecule has 3 nitrogen and oxygen atoms in total. The maximum Gasteiger partial charge on any atom is 0.161 e. The molecule has 104 valence electrons. The molecule has 2 aromatic rings. The van der Waals surface area contributed by atoms with Crippen molar-refractivity contribution < 1.29 is 9.47 Å². The molecule has 0 aliphatic rings. The van der Waals surface area contributed by atoms with Gasteiger partial charge in [0.2, 0.25) is 0 Å². The summed E-state index contributed by atoms with van der Waals surface area (Å²) in [6.07, 6.45) is 1.83. The van der Waals surface area contributed by atoms with E-state index in [1.54, 1.807) is 14.2 Å². The van der Waals surface area contributed by atoms with Crippen molar-refractivity contribution in [3.05, 3.63) is 53.1 Å². The van der Waals surface area contributed by atoms with E-state index < -0.39 is 0 Å². The first-order chi connectivity index (χ1) is 9.63. The van der Waals surface area contributed by atoms with Gasteiger partial charge in [0.1, 0.15) is 0 Å². The third kappa shape index (κ3) is 3.18. The molecule has 0 fully saturated rings. The van der Waals surface area contributed by atoms with Gasteiger partial charge in [-0.15, -0.1) is 0 Å². The van der Waals surface area contributed by atoms with Gasteiger partial charge >= 0.3 is 0 Å². The Morgan fingerprint density at radius 2 is 1.60 bits per heavy atom. The number of benzene rings is 2. The normalized spacial score (nSPS) is 10.8. The van der Waals surface area contributed by atoms with Crippen LogP contribution in [0, 0.1) is 13.8 Å². The molecule has 0 saturated heterocycles. The van der Waals surface area contributed by atoms with Crippen LogP contribution in [0.15, 0.2) is 41.4 Å². The summed E-state index contributed by atoms with van der Waals surface area (Å²) in [5.41, 5.74) is 4.44. The summed E-state index contributed by atoms with van der Waals surface area (Å²) in [5.74, 6) is 1.42. The van der Waals surface area contributed by atoms with Crippen LogP contribution in [0.5, 0.6) is 11.5 Å². The first-order valence-electron chi connectivity index (χ1n) is 6.47. The highest BCUT2D eigenvalue weighted by molar-refractivity contribution is 5.83. The number of aryl methyl sites for hydroxylation is 2. The molecule has 0 bridgehead atoms. The predicted octanol–water partition coefficient (Wildman–Crippen LogP) is 4.07. The minimum absolute atomic E-state index is 0.705. The SMILES string of the molecule is COc1ccc(C=Nc2ccc(C)c(C)c2)cc1OC. The molecule has 0 amide bonds. The Balaban J connectivity index is 2.24. The zero-order valence-corrected chi connectivity index (χ0v) is 12.3. The molecule has 0 saturated carbocycles. The lowest BCUT2D eigenvalue weighted by Crippen LogP contribution is -1.92. The third-order valence-corrected chi connectivity index (χ3v) is 3.26. The van der Waals surface area contributed by atoms with Crippen molar-refractivity contribution in [3.63, 3.8) is 0 Å². The molecule has 0 spiro atoms. The maximum absolute atomic E-state index is 5.28. The largest absolute Gasteiger partial charge is 0.493 e. The Hall–Kier alpha value is -2.29. The van der Waals surface area contributed by atoms with Gasteiger partial charge in [-0.05, 0) is 60.9 Å². The number of rotatable bonds is 4. The van der Waals surface area contributed by atoms with Gasteiger partial charge in [0.05, 0.1) is 19.9 Å². The molecule has 0 atom stereocenters. The van der Waals surface area contributed by atoms with Crippen LogP contribution in [0.4, 0.5) is 5.69 Å².